The van der Waals surface area contributed by atoms with E-state index in [4.69, 9.17) is 4.74 Å². The highest BCUT2D eigenvalue weighted by atomic mass is 19.1. The Bertz CT molecular complexity index is 1040. The summed E-state index contributed by atoms with van der Waals surface area (Å²) in [6.45, 7) is 2.53. The predicted molar refractivity (Wildman–Crippen MR) is 109 cm³/mol. The second-order valence-corrected chi connectivity index (χ2v) is 7.34. The van der Waals surface area contributed by atoms with Crippen LogP contribution in [0.4, 0.5) is 4.39 Å². The molecule has 1 aliphatic rings. The second kappa shape index (κ2) is 8.07. The number of rotatable bonds is 6. The maximum Gasteiger partial charge on any atom is 0.272 e. The van der Waals surface area contributed by atoms with E-state index in [0.717, 1.165) is 53.1 Å². The van der Waals surface area contributed by atoms with Crippen LogP contribution in [-0.4, -0.2) is 29.3 Å². The van der Waals surface area contributed by atoms with E-state index in [1.54, 1.807) is 23.9 Å². The molecule has 3 aromatic rings. The van der Waals surface area contributed by atoms with Gasteiger partial charge in [-0.2, -0.15) is 5.10 Å². The van der Waals surface area contributed by atoms with Crippen molar-refractivity contribution in [2.45, 2.75) is 32.6 Å². The third-order valence-corrected chi connectivity index (χ3v) is 5.33. The molecular weight excluding hydrogens is 369 g/mol. The Kier molecular flexibility index (Phi) is 5.34. The molecule has 1 aliphatic carbocycles. The van der Waals surface area contributed by atoms with E-state index in [1.165, 1.54) is 12.1 Å². The Labute approximate surface area is 169 Å². The molecule has 0 saturated heterocycles. The van der Waals surface area contributed by atoms with Crippen LogP contribution in [0.1, 0.15) is 39.3 Å². The van der Waals surface area contributed by atoms with E-state index in [0.29, 0.717) is 18.7 Å². The van der Waals surface area contributed by atoms with Gasteiger partial charge in [0.25, 0.3) is 5.91 Å². The number of carbonyl (C=O) groups excluding carboxylic acids is 1. The zero-order chi connectivity index (χ0) is 20.4. The summed E-state index contributed by atoms with van der Waals surface area (Å²) in [5, 5.41) is 7.55. The van der Waals surface area contributed by atoms with Gasteiger partial charge in [-0.25, -0.2) is 9.07 Å². The number of amides is 1. The number of aryl methyl sites for hydroxylation is 1. The topological polar surface area (TPSA) is 56.1 Å². The molecule has 1 N–H and O–H groups in total. The first-order valence-electron chi connectivity index (χ1n) is 9.85. The van der Waals surface area contributed by atoms with Crippen LogP contribution in [0.5, 0.6) is 5.75 Å². The standard InChI is InChI=1S/C23H24FN3O2/c1-15-6-11-21(29-2)16(14-15)12-13-25-23(28)22-19-4-3-5-20(19)27(26-22)18-9-7-17(24)8-10-18/h6-11,14H,3-5,12-13H2,1-2H3,(H,25,28). The lowest BCUT2D eigenvalue weighted by Gasteiger charge is -2.10. The minimum Gasteiger partial charge on any atom is -0.496 e. The van der Waals surface area contributed by atoms with Crippen LogP contribution in [-0.2, 0) is 19.3 Å². The highest BCUT2D eigenvalue weighted by Gasteiger charge is 2.26. The number of nitrogens with zero attached hydrogens (tertiary/aromatic N) is 2. The van der Waals surface area contributed by atoms with Crippen LogP contribution < -0.4 is 10.1 Å². The number of hydrogen-bond acceptors (Lipinski definition) is 3. The summed E-state index contributed by atoms with van der Waals surface area (Å²) in [5.41, 5.74) is 5.51. The lowest BCUT2D eigenvalue weighted by molar-refractivity contribution is 0.0947. The molecule has 29 heavy (non-hydrogen) atoms. The molecule has 0 spiro atoms. The van der Waals surface area contributed by atoms with Crippen molar-refractivity contribution in [2.24, 2.45) is 0 Å². The van der Waals surface area contributed by atoms with Crippen LogP contribution in [0.3, 0.4) is 0 Å². The molecule has 0 unspecified atom stereocenters. The van der Waals surface area contributed by atoms with Crippen molar-refractivity contribution in [3.8, 4) is 11.4 Å². The van der Waals surface area contributed by atoms with Gasteiger partial charge < -0.3 is 10.1 Å². The smallest absolute Gasteiger partial charge is 0.272 e. The van der Waals surface area contributed by atoms with Crippen LogP contribution in [0.15, 0.2) is 42.5 Å². The molecule has 0 fully saturated rings. The van der Waals surface area contributed by atoms with Crippen molar-refractivity contribution in [3.63, 3.8) is 0 Å². The van der Waals surface area contributed by atoms with Gasteiger partial charge in [0.05, 0.1) is 12.8 Å². The van der Waals surface area contributed by atoms with E-state index in [2.05, 4.69) is 16.5 Å². The van der Waals surface area contributed by atoms with Crippen LogP contribution >= 0.6 is 0 Å². The molecular formula is C23H24FN3O2. The molecule has 150 valence electrons. The van der Waals surface area contributed by atoms with E-state index in [-0.39, 0.29) is 11.7 Å². The van der Waals surface area contributed by atoms with Gasteiger partial charge in [0.1, 0.15) is 11.6 Å². The van der Waals surface area contributed by atoms with E-state index in [9.17, 15) is 9.18 Å². The van der Waals surface area contributed by atoms with Gasteiger partial charge in [0.2, 0.25) is 0 Å². The summed E-state index contributed by atoms with van der Waals surface area (Å²) in [6.07, 6.45) is 3.38. The third kappa shape index (κ3) is 3.88. The van der Waals surface area contributed by atoms with Gasteiger partial charge in [-0.3, -0.25) is 4.79 Å². The van der Waals surface area contributed by atoms with Gasteiger partial charge in [-0.15, -0.1) is 0 Å². The number of halogens is 1. The normalized spacial score (nSPS) is 12.7. The molecule has 4 rings (SSSR count). The van der Waals surface area contributed by atoms with Gasteiger partial charge >= 0.3 is 0 Å². The first kappa shape index (κ1) is 19.2. The predicted octanol–water partition coefficient (Wildman–Crippen LogP) is 3.79. The number of methoxy groups -OCH3 is 1. The van der Waals surface area contributed by atoms with Crippen molar-refractivity contribution >= 4 is 5.91 Å². The fourth-order valence-corrected chi connectivity index (χ4v) is 3.91. The Hall–Kier alpha value is -3.15. The van der Waals surface area contributed by atoms with Crippen molar-refractivity contribution in [3.05, 3.63) is 76.4 Å². The maximum absolute atomic E-state index is 13.3. The van der Waals surface area contributed by atoms with Crippen LogP contribution in [0.25, 0.3) is 5.69 Å². The Morgan fingerprint density at radius 2 is 2.00 bits per heavy atom. The fraction of sp³-hybridized carbons (Fsp3) is 0.304. The van der Waals surface area contributed by atoms with E-state index >= 15 is 0 Å². The number of fused-ring (bicyclic) bond motifs is 1. The number of hydrogen-bond donors (Lipinski definition) is 1. The quantitative estimate of drug-likeness (QED) is 0.693. The Balaban J connectivity index is 1.50. The summed E-state index contributed by atoms with van der Waals surface area (Å²) in [5.74, 6) is 0.365. The monoisotopic (exact) mass is 393 g/mol. The summed E-state index contributed by atoms with van der Waals surface area (Å²) in [7, 11) is 1.65. The first-order valence-corrected chi connectivity index (χ1v) is 9.85. The van der Waals surface area contributed by atoms with E-state index in [1.807, 2.05) is 19.1 Å². The molecule has 0 atom stereocenters. The molecule has 1 amide bonds. The van der Waals surface area contributed by atoms with Gasteiger partial charge in [0, 0.05) is 17.8 Å². The highest BCUT2D eigenvalue weighted by molar-refractivity contribution is 5.94. The summed E-state index contributed by atoms with van der Waals surface area (Å²) in [4.78, 5) is 12.8. The molecule has 0 saturated carbocycles. The van der Waals surface area contributed by atoms with Crippen molar-refractivity contribution in [1.29, 1.82) is 0 Å². The van der Waals surface area contributed by atoms with Gasteiger partial charge in [-0.1, -0.05) is 17.7 Å². The SMILES string of the molecule is COc1ccc(C)cc1CCNC(=O)c1nn(-c2ccc(F)cc2)c2c1CCC2. The highest BCUT2D eigenvalue weighted by Crippen LogP contribution is 2.28. The molecule has 6 heteroatoms. The lowest BCUT2D eigenvalue weighted by atomic mass is 10.1. The summed E-state index contributed by atoms with van der Waals surface area (Å²) >= 11 is 0. The number of nitrogens with one attached hydrogen (secondary N) is 1. The zero-order valence-corrected chi connectivity index (χ0v) is 16.7. The molecule has 2 aromatic carbocycles. The number of carbonyl (C=O) groups is 1. The maximum atomic E-state index is 13.3. The fourth-order valence-electron chi connectivity index (χ4n) is 3.91. The minimum atomic E-state index is -0.290. The zero-order valence-electron chi connectivity index (χ0n) is 16.7. The van der Waals surface area contributed by atoms with Crippen molar-refractivity contribution in [1.82, 2.24) is 15.1 Å². The van der Waals surface area contributed by atoms with Gasteiger partial charge in [-0.05, 0) is 68.5 Å². The third-order valence-electron chi connectivity index (χ3n) is 5.33. The van der Waals surface area contributed by atoms with Gasteiger partial charge in [0.15, 0.2) is 5.69 Å². The molecule has 0 bridgehead atoms. The largest absolute Gasteiger partial charge is 0.496 e. The average Bonchev–Trinajstić information content (AvgIpc) is 3.32. The number of ether oxygens (including phenoxy) is 1. The Morgan fingerprint density at radius 1 is 1.21 bits per heavy atom. The second-order valence-electron chi connectivity index (χ2n) is 7.34. The number of aromatic nitrogens is 2. The van der Waals surface area contributed by atoms with Crippen molar-refractivity contribution in [2.75, 3.05) is 13.7 Å². The minimum absolute atomic E-state index is 0.171. The van der Waals surface area contributed by atoms with Crippen LogP contribution in [0.2, 0.25) is 0 Å². The first-order chi connectivity index (χ1) is 14.1. The average molecular weight is 393 g/mol. The molecule has 5 nitrogen and oxygen atoms in total. The van der Waals surface area contributed by atoms with Crippen LogP contribution in [0, 0.1) is 12.7 Å². The lowest BCUT2D eigenvalue weighted by Crippen LogP contribution is -2.27. The van der Waals surface area contributed by atoms with Crippen molar-refractivity contribution < 1.29 is 13.9 Å². The number of benzene rings is 2. The molecule has 0 aliphatic heterocycles. The molecule has 1 heterocycles. The summed E-state index contributed by atoms with van der Waals surface area (Å²) < 4.78 is 20.5. The summed E-state index contributed by atoms with van der Waals surface area (Å²) in [6, 6.07) is 12.2. The Morgan fingerprint density at radius 3 is 2.76 bits per heavy atom. The molecule has 1 aromatic heterocycles. The molecule has 0 radical (unpaired) electrons. The van der Waals surface area contributed by atoms with E-state index < -0.39 is 0 Å².